The third kappa shape index (κ3) is 3.83. The van der Waals surface area contributed by atoms with Gasteiger partial charge >= 0.3 is 11.9 Å². The van der Waals surface area contributed by atoms with Crippen molar-refractivity contribution in [3.63, 3.8) is 0 Å². The summed E-state index contributed by atoms with van der Waals surface area (Å²) in [6.45, 7) is 4.13. The summed E-state index contributed by atoms with van der Waals surface area (Å²) in [5, 5.41) is 18.5. The Hall–Kier alpha value is -1.84. The molecule has 0 aliphatic rings. The molecule has 0 saturated carbocycles. The molecule has 4 heteroatoms. The van der Waals surface area contributed by atoms with Gasteiger partial charge in [0.1, 0.15) is 0 Å². The fourth-order valence-electron chi connectivity index (χ4n) is 2.55. The molecule has 1 aromatic rings. The summed E-state index contributed by atoms with van der Waals surface area (Å²) in [6.07, 6.45) is 4.96. The van der Waals surface area contributed by atoms with Gasteiger partial charge in [0.2, 0.25) is 0 Å². The number of unbranched alkanes of at least 4 members (excludes halogenated alkanes) is 2. The van der Waals surface area contributed by atoms with E-state index in [1.165, 1.54) is 6.07 Å². The lowest BCUT2D eigenvalue weighted by molar-refractivity contribution is 0.0650. The van der Waals surface area contributed by atoms with Crippen LogP contribution in [0.2, 0.25) is 0 Å². The number of carboxylic acids is 2. The van der Waals surface area contributed by atoms with Gasteiger partial charge in [0, 0.05) is 0 Å². The van der Waals surface area contributed by atoms with E-state index in [9.17, 15) is 14.7 Å². The van der Waals surface area contributed by atoms with Gasteiger partial charge in [0.25, 0.3) is 0 Å². The molecule has 20 heavy (non-hydrogen) atoms. The summed E-state index contributed by atoms with van der Waals surface area (Å²) < 4.78 is 0. The van der Waals surface area contributed by atoms with E-state index in [4.69, 9.17) is 5.11 Å². The van der Waals surface area contributed by atoms with Gasteiger partial charge in [-0.15, -0.1) is 0 Å². The van der Waals surface area contributed by atoms with E-state index in [2.05, 4.69) is 6.92 Å². The minimum absolute atomic E-state index is 0.0525. The van der Waals surface area contributed by atoms with Crippen LogP contribution in [0.4, 0.5) is 0 Å². The zero-order valence-electron chi connectivity index (χ0n) is 12.1. The zero-order valence-corrected chi connectivity index (χ0v) is 12.1. The topological polar surface area (TPSA) is 74.6 Å². The van der Waals surface area contributed by atoms with Crippen molar-refractivity contribution < 1.29 is 19.8 Å². The first kappa shape index (κ1) is 16.2. The Morgan fingerprint density at radius 2 is 1.80 bits per heavy atom. The Labute approximate surface area is 119 Å². The molecule has 0 aromatic heterocycles. The average Bonchev–Trinajstić information content (AvgIpc) is 2.42. The molecular weight excluding hydrogens is 256 g/mol. The lowest BCUT2D eigenvalue weighted by atomic mass is 9.86. The van der Waals surface area contributed by atoms with E-state index in [0.29, 0.717) is 5.56 Å². The number of rotatable bonds is 8. The van der Waals surface area contributed by atoms with Crippen LogP contribution in [-0.2, 0) is 0 Å². The van der Waals surface area contributed by atoms with Gasteiger partial charge in [-0.2, -0.15) is 0 Å². The van der Waals surface area contributed by atoms with Crippen LogP contribution < -0.4 is 0 Å². The summed E-state index contributed by atoms with van der Waals surface area (Å²) >= 11 is 0. The van der Waals surface area contributed by atoms with Crippen LogP contribution in [0.15, 0.2) is 18.2 Å². The second-order valence-corrected chi connectivity index (χ2v) is 4.98. The number of aromatic carboxylic acids is 2. The second-order valence-electron chi connectivity index (χ2n) is 4.98. The zero-order chi connectivity index (χ0) is 15.1. The highest BCUT2D eigenvalue weighted by Gasteiger charge is 2.23. The first-order chi connectivity index (χ1) is 9.52. The van der Waals surface area contributed by atoms with Crippen LogP contribution in [0.25, 0.3) is 0 Å². The van der Waals surface area contributed by atoms with Gasteiger partial charge in [-0.1, -0.05) is 45.2 Å². The highest BCUT2D eigenvalue weighted by Crippen LogP contribution is 2.30. The lowest BCUT2D eigenvalue weighted by Gasteiger charge is -2.18. The summed E-state index contributed by atoms with van der Waals surface area (Å²) in [5.41, 5.74) is 0.475. The minimum Gasteiger partial charge on any atom is -0.478 e. The van der Waals surface area contributed by atoms with Crippen molar-refractivity contribution in [2.75, 3.05) is 0 Å². The molecule has 0 saturated heterocycles. The van der Waals surface area contributed by atoms with Gasteiger partial charge in [-0.05, 0) is 30.4 Å². The summed E-state index contributed by atoms with van der Waals surface area (Å²) in [5.74, 6) is -2.24. The Morgan fingerprint density at radius 3 is 2.30 bits per heavy atom. The molecule has 2 N–H and O–H groups in total. The van der Waals surface area contributed by atoms with Crippen molar-refractivity contribution in [1.29, 1.82) is 0 Å². The van der Waals surface area contributed by atoms with E-state index in [1.807, 2.05) is 6.92 Å². The standard InChI is InChI=1S/C16H22O4/c1-3-5-6-8-11(4-2)12-9-7-10-13(15(17)18)14(12)16(19)20/h7,9-11H,3-6,8H2,1-2H3,(H,17,18)(H,19,20). The van der Waals surface area contributed by atoms with Crippen LogP contribution in [0.5, 0.6) is 0 Å². The maximum Gasteiger partial charge on any atom is 0.336 e. The van der Waals surface area contributed by atoms with Crippen LogP contribution in [-0.4, -0.2) is 22.2 Å². The third-order valence-corrected chi connectivity index (χ3v) is 3.63. The molecule has 110 valence electrons. The fraction of sp³-hybridized carbons (Fsp3) is 0.500. The largest absolute Gasteiger partial charge is 0.478 e. The normalized spacial score (nSPS) is 12.1. The molecule has 1 unspecified atom stereocenters. The van der Waals surface area contributed by atoms with Gasteiger partial charge in [-0.25, -0.2) is 9.59 Å². The lowest BCUT2D eigenvalue weighted by Crippen LogP contribution is -2.14. The molecule has 0 heterocycles. The Morgan fingerprint density at radius 1 is 1.10 bits per heavy atom. The molecule has 4 nitrogen and oxygen atoms in total. The second kappa shape index (κ2) is 7.68. The monoisotopic (exact) mass is 278 g/mol. The number of carbonyl (C=O) groups is 2. The SMILES string of the molecule is CCCCCC(CC)c1cccc(C(=O)O)c1C(=O)O. The fourth-order valence-corrected chi connectivity index (χ4v) is 2.55. The van der Waals surface area contributed by atoms with E-state index < -0.39 is 11.9 Å². The van der Waals surface area contributed by atoms with Gasteiger partial charge < -0.3 is 10.2 Å². The summed E-state index contributed by atoms with van der Waals surface area (Å²) in [6, 6.07) is 4.73. The third-order valence-electron chi connectivity index (χ3n) is 3.63. The van der Waals surface area contributed by atoms with E-state index in [-0.39, 0.29) is 17.0 Å². The average molecular weight is 278 g/mol. The Balaban J connectivity index is 3.17. The molecule has 1 aromatic carbocycles. The van der Waals surface area contributed by atoms with Gasteiger partial charge in [0.05, 0.1) is 11.1 Å². The van der Waals surface area contributed by atoms with Crippen molar-refractivity contribution in [2.45, 2.75) is 51.9 Å². The maximum atomic E-state index is 11.4. The van der Waals surface area contributed by atoms with Crippen molar-refractivity contribution in [1.82, 2.24) is 0 Å². The van der Waals surface area contributed by atoms with Crippen LogP contribution in [0.1, 0.15) is 78.1 Å². The number of hydrogen-bond acceptors (Lipinski definition) is 2. The highest BCUT2D eigenvalue weighted by molar-refractivity contribution is 6.02. The van der Waals surface area contributed by atoms with E-state index in [1.54, 1.807) is 12.1 Å². The molecule has 0 fully saturated rings. The summed E-state index contributed by atoms with van der Waals surface area (Å²) in [7, 11) is 0. The van der Waals surface area contributed by atoms with Gasteiger partial charge in [-0.3, -0.25) is 0 Å². The van der Waals surface area contributed by atoms with Crippen molar-refractivity contribution in [2.24, 2.45) is 0 Å². The molecular formula is C16H22O4. The minimum atomic E-state index is -1.19. The number of hydrogen-bond donors (Lipinski definition) is 2. The van der Waals surface area contributed by atoms with Crippen LogP contribution >= 0.6 is 0 Å². The Kier molecular flexibility index (Phi) is 6.22. The molecule has 0 bridgehead atoms. The van der Waals surface area contributed by atoms with Crippen molar-refractivity contribution in [3.05, 3.63) is 34.9 Å². The van der Waals surface area contributed by atoms with E-state index >= 15 is 0 Å². The summed E-state index contributed by atoms with van der Waals surface area (Å²) in [4.78, 5) is 22.6. The first-order valence-corrected chi connectivity index (χ1v) is 7.12. The predicted molar refractivity (Wildman–Crippen MR) is 77.5 cm³/mol. The molecule has 1 rings (SSSR count). The van der Waals surface area contributed by atoms with Crippen LogP contribution in [0.3, 0.4) is 0 Å². The molecule has 0 spiro atoms. The van der Waals surface area contributed by atoms with E-state index in [0.717, 1.165) is 32.1 Å². The molecule has 0 aliphatic heterocycles. The number of benzene rings is 1. The molecule has 0 amide bonds. The highest BCUT2D eigenvalue weighted by atomic mass is 16.4. The maximum absolute atomic E-state index is 11.4. The van der Waals surface area contributed by atoms with Crippen LogP contribution in [0, 0.1) is 0 Å². The van der Waals surface area contributed by atoms with Crippen molar-refractivity contribution >= 4 is 11.9 Å². The van der Waals surface area contributed by atoms with Gasteiger partial charge in [0.15, 0.2) is 0 Å². The molecule has 0 radical (unpaired) electrons. The molecule has 0 aliphatic carbocycles. The first-order valence-electron chi connectivity index (χ1n) is 7.12. The number of carboxylic acid groups (broad SMARTS) is 2. The molecule has 1 atom stereocenters. The smallest absolute Gasteiger partial charge is 0.336 e. The predicted octanol–water partition coefficient (Wildman–Crippen LogP) is 4.16. The Bertz CT molecular complexity index is 479. The quantitative estimate of drug-likeness (QED) is 0.700. The van der Waals surface area contributed by atoms with Crippen molar-refractivity contribution in [3.8, 4) is 0 Å².